The average molecular weight is 365 g/mol. The van der Waals surface area contributed by atoms with E-state index in [1.54, 1.807) is 0 Å². The van der Waals surface area contributed by atoms with E-state index < -0.39 is 18.1 Å². The lowest BCUT2D eigenvalue weighted by molar-refractivity contribution is -0.139. The molecule has 0 aliphatic heterocycles. The summed E-state index contributed by atoms with van der Waals surface area (Å²) < 4.78 is 5.32. The highest BCUT2D eigenvalue weighted by atomic mass is 16.5. The van der Waals surface area contributed by atoms with Crippen molar-refractivity contribution in [2.45, 2.75) is 12.0 Å². The molecule has 1 atom stereocenters. The third-order valence-corrected chi connectivity index (χ3v) is 4.47. The Kier molecular flexibility index (Phi) is 4.25. The maximum atomic E-state index is 12.2. The summed E-state index contributed by atoms with van der Waals surface area (Å²) in [6, 6.07) is 14.4. The summed E-state index contributed by atoms with van der Waals surface area (Å²) in [6.07, 6.45) is -0.867. The van der Waals surface area contributed by atoms with E-state index >= 15 is 0 Å². The molecule has 3 aromatic rings. The van der Waals surface area contributed by atoms with Crippen LogP contribution in [0.1, 0.15) is 28.9 Å². The van der Waals surface area contributed by atoms with Crippen LogP contribution >= 0.6 is 0 Å². The number of nitrogens with one attached hydrogen (secondary N) is 2. The summed E-state index contributed by atoms with van der Waals surface area (Å²) in [5, 5.41) is 24.1. The number of aromatic nitrogens is 4. The molecule has 9 heteroatoms. The Labute approximate surface area is 153 Å². The van der Waals surface area contributed by atoms with Crippen LogP contribution < -0.4 is 5.32 Å². The first-order valence-corrected chi connectivity index (χ1v) is 8.23. The first-order valence-electron chi connectivity index (χ1n) is 8.23. The van der Waals surface area contributed by atoms with Gasteiger partial charge in [0.1, 0.15) is 6.61 Å². The van der Waals surface area contributed by atoms with Crippen molar-refractivity contribution in [3.8, 4) is 11.1 Å². The van der Waals surface area contributed by atoms with E-state index in [1.165, 1.54) is 0 Å². The first-order chi connectivity index (χ1) is 13.1. The number of hydrogen-bond acceptors (Lipinski definition) is 6. The van der Waals surface area contributed by atoms with Crippen LogP contribution in [0.4, 0.5) is 4.79 Å². The van der Waals surface area contributed by atoms with Gasteiger partial charge < -0.3 is 15.2 Å². The van der Waals surface area contributed by atoms with Crippen LogP contribution in [-0.4, -0.2) is 44.4 Å². The van der Waals surface area contributed by atoms with Gasteiger partial charge in [-0.1, -0.05) is 53.7 Å². The van der Waals surface area contributed by atoms with Crippen LogP contribution in [0.3, 0.4) is 0 Å². The Hall–Kier alpha value is -3.75. The topological polar surface area (TPSA) is 130 Å². The van der Waals surface area contributed by atoms with Gasteiger partial charge >= 0.3 is 12.1 Å². The lowest BCUT2D eigenvalue weighted by Gasteiger charge is -2.16. The van der Waals surface area contributed by atoms with Gasteiger partial charge in [0, 0.05) is 5.92 Å². The normalized spacial score (nSPS) is 13.5. The second kappa shape index (κ2) is 6.87. The first kappa shape index (κ1) is 16.7. The number of nitrogens with zero attached hydrogens (tertiary/aromatic N) is 3. The van der Waals surface area contributed by atoms with Gasteiger partial charge in [0.15, 0.2) is 6.04 Å². The molecule has 136 valence electrons. The number of benzene rings is 2. The van der Waals surface area contributed by atoms with Gasteiger partial charge in [0.05, 0.1) is 0 Å². The number of carbonyl (C=O) groups excluding carboxylic acids is 1. The van der Waals surface area contributed by atoms with Gasteiger partial charge in [-0.3, -0.25) is 0 Å². The Balaban J connectivity index is 1.49. The number of H-pyrrole nitrogens is 1. The van der Waals surface area contributed by atoms with Gasteiger partial charge in [-0.2, -0.15) is 5.21 Å². The highest BCUT2D eigenvalue weighted by Gasteiger charge is 2.31. The molecule has 3 N–H and O–H groups in total. The summed E-state index contributed by atoms with van der Waals surface area (Å²) in [6.45, 7) is 0.0818. The highest BCUT2D eigenvalue weighted by molar-refractivity contribution is 5.81. The molecule has 4 rings (SSSR count). The molecule has 9 nitrogen and oxygen atoms in total. The van der Waals surface area contributed by atoms with Gasteiger partial charge in [0.25, 0.3) is 0 Å². The standard InChI is InChI=1S/C18H15N5O4/c24-17(25)15(16-20-22-23-21-16)19-18(26)27-9-14-12-7-3-1-5-10(12)11-6-2-4-8-13(11)14/h1-8,14-15H,9H2,(H,19,26)(H,24,25)(H,20,21,22,23). The number of ether oxygens (including phenoxy) is 1. The Morgan fingerprint density at radius 3 is 2.30 bits per heavy atom. The number of carbonyl (C=O) groups is 2. The highest BCUT2D eigenvalue weighted by Crippen LogP contribution is 2.44. The van der Waals surface area contributed by atoms with E-state index in [0.717, 1.165) is 22.3 Å². The molecule has 1 unspecified atom stereocenters. The summed E-state index contributed by atoms with van der Waals surface area (Å²) in [5.74, 6) is -1.59. The van der Waals surface area contributed by atoms with Crippen LogP contribution in [0.5, 0.6) is 0 Å². The number of rotatable bonds is 5. The van der Waals surface area contributed by atoms with Crippen molar-refractivity contribution in [3.63, 3.8) is 0 Å². The third kappa shape index (κ3) is 3.10. The molecule has 27 heavy (non-hydrogen) atoms. The van der Waals surface area contributed by atoms with Gasteiger partial charge in [-0.05, 0) is 22.3 Å². The number of fused-ring (bicyclic) bond motifs is 3. The fraction of sp³-hybridized carbons (Fsp3) is 0.167. The fourth-order valence-electron chi connectivity index (χ4n) is 3.29. The zero-order chi connectivity index (χ0) is 18.8. The summed E-state index contributed by atoms with van der Waals surface area (Å²) in [4.78, 5) is 23.5. The Morgan fingerprint density at radius 2 is 1.74 bits per heavy atom. The maximum Gasteiger partial charge on any atom is 0.408 e. The van der Waals surface area contributed by atoms with Crippen LogP contribution in [0.15, 0.2) is 48.5 Å². The quantitative estimate of drug-likeness (QED) is 0.629. The van der Waals surface area contributed by atoms with Crippen LogP contribution in [0, 0.1) is 0 Å². The van der Waals surface area contributed by atoms with Gasteiger partial charge in [-0.15, -0.1) is 10.2 Å². The number of tetrazole rings is 1. The number of aromatic amines is 1. The van der Waals surface area contributed by atoms with Crippen LogP contribution in [-0.2, 0) is 9.53 Å². The summed E-state index contributed by atoms with van der Waals surface area (Å²) >= 11 is 0. The minimum atomic E-state index is -1.44. The molecule has 0 saturated carbocycles. The van der Waals surface area contributed by atoms with Crippen molar-refractivity contribution >= 4 is 12.1 Å². The minimum absolute atomic E-state index is 0.0818. The van der Waals surface area contributed by atoms with Gasteiger partial charge in [0.2, 0.25) is 5.82 Å². The van der Waals surface area contributed by atoms with E-state index in [2.05, 4.69) is 25.9 Å². The Bertz CT molecular complexity index is 943. The summed E-state index contributed by atoms with van der Waals surface area (Å²) in [7, 11) is 0. The van der Waals surface area contributed by atoms with E-state index in [0.29, 0.717) is 0 Å². The lowest BCUT2D eigenvalue weighted by Crippen LogP contribution is -2.35. The van der Waals surface area contributed by atoms with Gasteiger partial charge in [-0.25, -0.2) is 9.59 Å². The number of carboxylic acids is 1. The van der Waals surface area contributed by atoms with Crippen molar-refractivity contribution < 1.29 is 19.4 Å². The monoisotopic (exact) mass is 365 g/mol. The van der Waals surface area contributed by atoms with Crippen molar-refractivity contribution in [1.82, 2.24) is 25.9 Å². The molecule has 1 aliphatic carbocycles. The number of carboxylic acid groups (broad SMARTS) is 1. The predicted molar refractivity (Wildman–Crippen MR) is 92.8 cm³/mol. The van der Waals surface area contributed by atoms with Crippen molar-refractivity contribution in [2.24, 2.45) is 0 Å². The van der Waals surface area contributed by atoms with Crippen LogP contribution in [0.2, 0.25) is 0 Å². The smallest absolute Gasteiger partial charge is 0.408 e. The Morgan fingerprint density at radius 1 is 1.11 bits per heavy atom. The van der Waals surface area contributed by atoms with E-state index in [4.69, 9.17) is 4.74 Å². The van der Waals surface area contributed by atoms with Crippen molar-refractivity contribution in [2.75, 3.05) is 6.61 Å². The number of amides is 1. The van der Waals surface area contributed by atoms with E-state index in [9.17, 15) is 14.7 Å². The molecule has 1 aliphatic rings. The number of alkyl carbamates (subject to hydrolysis) is 1. The fourth-order valence-corrected chi connectivity index (χ4v) is 3.29. The van der Waals surface area contributed by atoms with E-state index in [-0.39, 0.29) is 18.3 Å². The molecule has 0 radical (unpaired) electrons. The van der Waals surface area contributed by atoms with Crippen molar-refractivity contribution in [3.05, 3.63) is 65.5 Å². The number of hydrogen-bond donors (Lipinski definition) is 3. The molecule has 0 fully saturated rings. The molecule has 1 aromatic heterocycles. The molecular weight excluding hydrogens is 350 g/mol. The molecule has 1 amide bonds. The molecule has 0 spiro atoms. The predicted octanol–water partition coefficient (Wildman–Crippen LogP) is 1.86. The second-order valence-corrected chi connectivity index (χ2v) is 6.01. The maximum absolute atomic E-state index is 12.2. The average Bonchev–Trinajstić information content (AvgIpc) is 3.31. The molecular formula is C18H15N5O4. The second-order valence-electron chi connectivity index (χ2n) is 6.01. The van der Waals surface area contributed by atoms with E-state index in [1.807, 2.05) is 48.5 Å². The molecule has 0 bridgehead atoms. The third-order valence-electron chi connectivity index (χ3n) is 4.47. The largest absolute Gasteiger partial charge is 0.479 e. The molecule has 1 heterocycles. The zero-order valence-electron chi connectivity index (χ0n) is 14.0. The SMILES string of the molecule is O=C(NC(C(=O)O)c1nn[nH]n1)OCC1c2ccccc2-c2ccccc21. The lowest BCUT2D eigenvalue weighted by atomic mass is 9.98. The minimum Gasteiger partial charge on any atom is -0.479 e. The molecule has 2 aromatic carbocycles. The van der Waals surface area contributed by atoms with Crippen molar-refractivity contribution in [1.29, 1.82) is 0 Å². The zero-order valence-corrected chi connectivity index (χ0v) is 14.0. The number of aliphatic carboxylic acids is 1. The summed E-state index contributed by atoms with van der Waals surface area (Å²) in [5.41, 5.74) is 4.36. The molecule has 0 saturated heterocycles. The van der Waals surface area contributed by atoms with Crippen LogP contribution in [0.25, 0.3) is 11.1 Å².